The van der Waals surface area contributed by atoms with Gasteiger partial charge in [0.1, 0.15) is 0 Å². The Morgan fingerprint density at radius 3 is 2.50 bits per heavy atom. The minimum Gasteiger partial charge on any atom is -0.388 e. The Balaban J connectivity index is 1.94. The van der Waals surface area contributed by atoms with Crippen molar-refractivity contribution in [1.82, 2.24) is 9.78 Å². The van der Waals surface area contributed by atoms with Crippen LogP contribution in [0.3, 0.4) is 0 Å². The molecule has 0 saturated heterocycles. The van der Waals surface area contributed by atoms with Crippen LogP contribution in [0.2, 0.25) is 0 Å². The maximum Gasteiger partial charge on any atom is 0.0793 e. The number of aromatic nitrogens is 2. The van der Waals surface area contributed by atoms with Crippen LogP contribution in [0.1, 0.15) is 36.3 Å². The third-order valence-electron chi connectivity index (χ3n) is 3.37. The topological polar surface area (TPSA) is 38.1 Å². The van der Waals surface area contributed by atoms with Crippen LogP contribution >= 0.6 is 0 Å². The monoisotopic (exact) mass is 244 g/mol. The molecule has 0 aliphatic heterocycles. The van der Waals surface area contributed by atoms with Crippen LogP contribution < -0.4 is 0 Å². The van der Waals surface area contributed by atoms with E-state index < -0.39 is 6.10 Å². The standard InChI is InChI=1S/C15H20N2O/c1-3-12-4-6-13(7-5-12)15(18)9-8-14-10-11-16-17(14)2/h4-7,10-11,15,18H,3,8-9H2,1-2H3. The third kappa shape index (κ3) is 2.99. The zero-order valence-corrected chi connectivity index (χ0v) is 11.0. The van der Waals surface area contributed by atoms with Crippen molar-refractivity contribution >= 4 is 0 Å². The number of aliphatic hydroxyl groups is 1. The third-order valence-corrected chi connectivity index (χ3v) is 3.37. The van der Waals surface area contributed by atoms with Crippen molar-refractivity contribution in [1.29, 1.82) is 0 Å². The summed E-state index contributed by atoms with van der Waals surface area (Å²) in [5, 5.41) is 14.3. The normalized spacial score (nSPS) is 12.6. The highest BCUT2D eigenvalue weighted by Crippen LogP contribution is 2.19. The number of hydrogen-bond acceptors (Lipinski definition) is 2. The van der Waals surface area contributed by atoms with E-state index >= 15 is 0 Å². The van der Waals surface area contributed by atoms with Gasteiger partial charge in [0.2, 0.25) is 0 Å². The zero-order chi connectivity index (χ0) is 13.0. The Bertz CT molecular complexity index is 487. The molecule has 1 unspecified atom stereocenters. The van der Waals surface area contributed by atoms with E-state index in [0.717, 1.165) is 30.5 Å². The van der Waals surface area contributed by atoms with Gasteiger partial charge in [-0.2, -0.15) is 5.10 Å². The van der Waals surface area contributed by atoms with Gasteiger partial charge in [-0.3, -0.25) is 4.68 Å². The molecule has 3 heteroatoms. The van der Waals surface area contributed by atoms with E-state index in [1.54, 1.807) is 6.20 Å². The molecule has 0 saturated carbocycles. The molecule has 1 heterocycles. The molecular weight excluding hydrogens is 224 g/mol. The molecule has 96 valence electrons. The van der Waals surface area contributed by atoms with E-state index in [-0.39, 0.29) is 0 Å². The van der Waals surface area contributed by atoms with Gasteiger partial charge in [-0.05, 0) is 36.5 Å². The number of aryl methyl sites for hydroxylation is 3. The van der Waals surface area contributed by atoms with Gasteiger partial charge < -0.3 is 5.11 Å². The van der Waals surface area contributed by atoms with Crippen LogP contribution in [0.5, 0.6) is 0 Å². The van der Waals surface area contributed by atoms with Crippen molar-refractivity contribution in [3.63, 3.8) is 0 Å². The molecule has 2 rings (SSSR count). The predicted molar refractivity (Wildman–Crippen MR) is 72.3 cm³/mol. The number of benzene rings is 1. The fourth-order valence-electron chi connectivity index (χ4n) is 2.07. The molecule has 1 aromatic carbocycles. The van der Waals surface area contributed by atoms with E-state index in [2.05, 4.69) is 24.2 Å². The second-order valence-corrected chi connectivity index (χ2v) is 4.60. The first-order valence-electron chi connectivity index (χ1n) is 6.44. The summed E-state index contributed by atoms with van der Waals surface area (Å²) < 4.78 is 1.85. The summed E-state index contributed by atoms with van der Waals surface area (Å²) in [5.74, 6) is 0. The average molecular weight is 244 g/mol. The molecule has 2 aromatic rings. The number of rotatable bonds is 5. The van der Waals surface area contributed by atoms with Gasteiger partial charge in [-0.1, -0.05) is 31.2 Å². The van der Waals surface area contributed by atoms with Crippen LogP contribution in [0.15, 0.2) is 36.5 Å². The van der Waals surface area contributed by atoms with Gasteiger partial charge in [0.05, 0.1) is 6.10 Å². The number of nitrogens with zero attached hydrogens (tertiary/aromatic N) is 2. The summed E-state index contributed by atoms with van der Waals surface area (Å²) in [6, 6.07) is 10.2. The van der Waals surface area contributed by atoms with E-state index in [1.807, 2.05) is 29.9 Å². The highest BCUT2D eigenvalue weighted by Gasteiger charge is 2.08. The fourth-order valence-corrected chi connectivity index (χ4v) is 2.07. The molecular formula is C15H20N2O. The summed E-state index contributed by atoms with van der Waals surface area (Å²) in [6.45, 7) is 2.13. The quantitative estimate of drug-likeness (QED) is 0.878. The highest BCUT2D eigenvalue weighted by atomic mass is 16.3. The van der Waals surface area contributed by atoms with E-state index in [0.29, 0.717) is 0 Å². The van der Waals surface area contributed by atoms with E-state index in [4.69, 9.17) is 0 Å². The van der Waals surface area contributed by atoms with Crippen LogP contribution in [0, 0.1) is 0 Å². The van der Waals surface area contributed by atoms with Gasteiger partial charge in [-0.15, -0.1) is 0 Å². The Labute approximate surface area is 108 Å². The van der Waals surface area contributed by atoms with Crippen molar-refractivity contribution in [2.24, 2.45) is 7.05 Å². The summed E-state index contributed by atoms with van der Waals surface area (Å²) in [5.41, 5.74) is 3.45. The number of aliphatic hydroxyl groups excluding tert-OH is 1. The molecule has 0 fully saturated rings. The van der Waals surface area contributed by atoms with Crippen molar-refractivity contribution in [2.75, 3.05) is 0 Å². The molecule has 0 spiro atoms. The Hall–Kier alpha value is -1.61. The SMILES string of the molecule is CCc1ccc(C(O)CCc2ccnn2C)cc1. The molecule has 1 N–H and O–H groups in total. The lowest BCUT2D eigenvalue weighted by molar-refractivity contribution is 0.167. The maximum atomic E-state index is 10.1. The second kappa shape index (κ2) is 5.83. The number of hydrogen-bond donors (Lipinski definition) is 1. The van der Waals surface area contributed by atoms with Crippen molar-refractivity contribution in [3.8, 4) is 0 Å². The first kappa shape index (κ1) is 12.8. The molecule has 1 aromatic heterocycles. The van der Waals surface area contributed by atoms with Gasteiger partial charge in [-0.25, -0.2) is 0 Å². The molecule has 0 amide bonds. The largest absolute Gasteiger partial charge is 0.388 e. The molecule has 1 atom stereocenters. The van der Waals surface area contributed by atoms with Crippen LogP contribution in [0.4, 0.5) is 0 Å². The molecule has 18 heavy (non-hydrogen) atoms. The molecule has 0 aliphatic rings. The van der Waals surface area contributed by atoms with Crippen LogP contribution in [0.25, 0.3) is 0 Å². The molecule has 0 bridgehead atoms. The Morgan fingerprint density at radius 2 is 1.94 bits per heavy atom. The lowest BCUT2D eigenvalue weighted by atomic mass is 10.0. The van der Waals surface area contributed by atoms with Gasteiger partial charge in [0.15, 0.2) is 0 Å². The van der Waals surface area contributed by atoms with E-state index in [1.165, 1.54) is 5.56 Å². The Morgan fingerprint density at radius 1 is 1.22 bits per heavy atom. The van der Waals surface area contributed by atoms with Crippen LogP contribution in [-0.2, 0) is 19.9 Å². The molecule has 0 radical (unpaired) electrons. The summed E-state index contributed by atoms with van der Waals surface area (Å²) in [7, 11) is 1.93. The zero-order valence-electron chi connectivity index (χ0n) is 11.0. The van der Waals surface area contributed by atoms with Crippen molar-refractivity contribution in [2.45, 2.75) is 32.3 Å². The average Bonchev–Trinajstić information content (AvgIpc) is 2.81. The minimum absolute atomic E-state index is 0.397. The predicted octanol–water partition coefficient (Wildman–Crippen LogP) is 2.65. The summed E-state index contributed by atoms with van der Waals surface area (Å²) in [6.07, 6.45) is 3.99. The highest BCUT2D eigenvalue weighted by molar-refractivity contribution is 5.24. The summed E-state index contributed by atoms with van der Waals surface area (Å²) >= 11 is 0. The first-order chi connectivity index (χ1) is 8.70. The first-order valence-corrected chi connectivity index (χ1v) is 6.44. The van der Waals surface area contributed by atoms with Gasteiger partial charge in [0.25, 0.3) is 0 Å². The van der Waals surface area contributed by atoms with Crippen molar-refractivity contribution in [3.05, 3.63) is 53.3 Å². The summed E-state index contributed by atoms with van der Waals surface area (Å²) in [4.78, 5) is 0. The van der Waals surface area contributed by atoms with Gasteiger partial charge >= 0.3 is 0 Å². The lowest BCUT2D eigenvalue weighted by Crippen LogP contribution is -2.03. The van der Waals surface area contributed by atoms with Crippen molar-refractivity contribution < 1.29 is 5.11 Å². The van der Waals surface area contributed by atoms with Crippen LogP contribution in [-0.4, -0.2) is 14.9 Å². The minimum atomic E-state index is -0.397. The second-order valence-electron chi connectivity index (χ2n) is 4.60. The lowest BCUT2D eigenvalue weighted by Gasteiger charge is -2.11. The van der Waals surface area contributed by atoms with E-state index in [9.17, 15) is 5.11 Å². The smallest absolute Gasteiger partial charge is 0.0793 e. The Kier molecular flexibility index (Phi) is 4.15. The molecule has 0 aliphatic carbocycles. The fraction of sp³-hybridized carbons (Fsp3) is 0.400. The maximum absolute atomic E-state index is 10.1. The molecule has 3 nitrogen and oxygen atoms in total. The van der Waals surface area contributed by atoms with Gasteiger partial charge in [0, 0.05) is 18.9 Å².